The molecule has 0 aromatic heterocycles. The van der Waals surface area contributed by atoms with E-state index in [4.69, 9.17) is 15.2 Å². The Bertz CT molecular complexity index is 777. The van der Waals surface area contributed by atoms with Crippen LogP contribution in [0.25, 0.3) is 0 Å². The highest BCUT2D eigenvalue weighted by molar-refractivity contribution is 9.10. The van der Waals surface area contributed by atoms with E-state index in [1.165, 1.54) is 4.90 Å². The summed E-state index contributed by atoms with van der Waals surface area (Å²) in [6.45, 7) is 3.61. The fourth-order valence-electron chi connectivity index (χ4n) is 2.71. The van der Waals surface area contributed by atoms with E-state index >= 15 is 0 Å². The zero-order valence-electron chi connectivity index (χ0n) is 18.2. The number of rotatable bonds is 13. The number of benzene rings is 1. The largest absolute Gasteiger partial charge is 0.465 e. The van der Waals surface area contributed by atoms with E-state index in [0.29, 0.717) is 0 Å². The number of halogens is 1. The van der Waals surface area contributed by atoms with Crippen molar-refractivity contribution in [3.63, 3.8) is 0 Å². The van der Waals surface area contributed by atoms with Crippen molar-refractivity contribution >= 4 is 52.3 Å². The smallest absolute Gasteiger partial charge is 0.325 e. The fraction of sp³-hybridized carbons (Fsp3) is 0.524. The van der Waals surface area contributed by atoms with Gasteiger partial charge in [-0.05, 0) is 38.0 Å². The number of nitrogens with zero attached hydrogens (tertiary/aromatic N) is 1. The van der Waals surface area contributed by atoms with Crippen LogP contribution in [0.5, 0.6) is 0 Å². The van der Waals surface area contributed by atoms with Crippen LogP contribution in [0.4, 0.5) is 0 Å². The van der Waals surface area contributed by atoms with Gasteiger partial charge in [0, 0.05) is 23.2 Å². The molecule has 1 aromatic carbocycles. The molecule has 0 spiro atoms. The zero-order valence-corrected chi connectivity index (χ0v) is 20.7. The van der Waals surface area contributed by atoms with Crippen molar-refractivity contribution < 1.29 is 28.7 Å². The van der Waals surface area contributed by atoms with Crippen molar-refractivity contribution in [1.29, 1.82) is 0 Å². The lowest BCUT2D eigenvalue weighted by atomic mass is 10.1. The first-order chi connectivity index (χ1) is 15.2. The molecule has 2 unspecified atom stereocenters. The van der Waals surface area contributed by atoms with Crippen molar-refractivity contribution in [3.05, 3.63) is 34.3 Å². The number of hydrogen-bond donors (Lipinski definition) is 3. The number of carbonyl (C=O) groups excluding carboxylic acids is 4. The summed E-state index contributed by atoms with van der Waals surface area (Å²) >= 11 is 7.54. The van der Waals surface area contributed by atoms with Crippen LogP contribution in [0, 0.1) is 0 Å². The van der Waals surface area contributed by atoms with Gasteiger partial charge in [0.15, 0.2) is 0 Å². The number of ether oxygens (including phenoxy) is 2. The van der Waals surface area contributed by atoms with Gasteiger partial charge in [-0.25, -0.2) is 0 Å². The minimum absolute atomic E-state index is 0.0220. The third-order valence-corrected chi connectivity index (χ3v) is 5.21. The molecule has 32 heavy (non-hydrogen) atoms. The van der Waals surface area contributed by atoms with E-state index in [0.717, 1.165) is 10.0 Å². The number of nitrogens with two attached hydrogens (primary N) is 1. The molecule has 0 radical (unpaired) electrons. The lowest BCUT2D eigenvalue weighted by Gasteiger charge is -2.27. The standard InChI is InChI=1S/C21H30BrN3O6S/c1-3-30-19(27)12-25(11-14-5-7-15(22)8-6-14)20(28)17(13-32)24-18(26)10-9-16(23)21(29)31-4-2/h5-8,16-17,32H,3-4,9-13,23H2,1-2H3,(H,24,26). The van der Waals surface area contributed by atoms with Crippen molar-refractivity contribution in [2.75, 3.05) is 25.5 Å². The maximum absolute atomic E-state index is 13.1. The van der Waals surface area contributed by atoms with Gasteiger partial charge in [0.25, 0.3) is 0 Å². The Balaban J connectivity index is 2.82. The van der Waals surface area contributed by atoms with Crippen LogP contribution in [-0.2, 0) is 35.2 Å². The molecule has 1 aromatic rings. The van der Waals surface area contributed by atoms with Crippen molar-refractivity contribution in [3.8, 4) is 0 Å². The Morgan fingerprint density at radius 2 is 1.75 bits per heavy atom. The summed E-state index contributed by atoms with van der Waals surface area (Å²) in [7, 11) is 0. The Morgan fingerprint density at radius 1 is 1.12 bits per heavy atom. The van der Waals surface area contributed by atoms with E-state index < -0.39 is 35.8 Å². The first kappa shape index (κ1) is 27.9. The van der Waals surface area contributed by atoms with Gasteiger partial charge in [0.2, 0.25) is 11.8 Å². The average molecular weight is 532 g/mol. The Labute approximate surface area is 201 Å². The number of hydrogen-bond acceptors (Lipinski definition) is 8. The van der Waals surface area contributed by atoms with Crippen LogP contribution in [0.1, 0.15) is 32.3 Å². The summed E-state index contributed by atoms with van der Waals surface area (Å²) in [5, 5.41) is 2.60. The SMILES string of the molecule is CCOC(=O)CN(Cc1ccc(Br)cc1)C(=O)C(CS)NC(=O)CCC(N)C(=O)OCC. The molecule has 0 aliphatic carbocycles. The van der Waals surface area contributed by atoms with Crippen LogP contribution >= 0.6 is 28.6 Å². The first-order valence-corrected chi connectivity index (χ1v) is 11.7. The van der Waals surface area contributed by atoms with E-state index in [2.05, 4.69) is 33.9 Å². The fourth-order valence-corrected chi connectivity index (χ4v) is 3.22. The normalized spacial score (nSPS) is 12.4. The minimum Gasteiger partial charge on any atom is -0.465 e. The van der Waals surface area contributed by atoms with Gasteiger partial charge in [0.1, 0.15) is 18.6 Å². The van der Waals surface area contributed by atoms with Crippen LogP contribution in [-0.4, -0.2) is 66.2 Å². The second kappa shape index (κ2) is 14.9. The molecule has 0 aliphatic rings. The molecule has 9 nitrogen and oxygen atoms in total. The van der Waals surface area contributed by atoms with Crippen LogP contribution in [0.3, 0.4) is 0 Å². The van der Waals surface area contributed by atoms with Crippen molar-refractivity contribution in [1.82, 2.24) is 10.2 Å². The van der Waals surface area contributed by atoms with Gasteiger partial charge in [-0.2, -0.15) is 12.6 Å². The second-order valence-corrected chi connectivity index (χ2v) is 8.11. The summed E-state index contributed by atoms with van der Waals surface area (Å²) in [5.74, 6) is -2.05. The van der Waals surface area contributed by atoms with Crippen molar-refractivity contribution in [2.24, 2.45) is 5.73 Å². The maximum Gasteiger partial charge on any atom is 0.325 e. The number of carbonyl (C=O) groups is 4. The van der Waals surface area contributed by atoms with Crippen molar-refractivity contribution in [2.45, 2.75) is 45.3 Å². The van der Waals surface area contributed by atoms with Gasteiger partial charge in [0.05, 0.1) is 13.2 Å². The highest BCUT2D eigenvalue weighted by atomic mass is 79.9. The summed E-state index contributed by atoms with van der Waals surface area (Å²) < 4.78 is 10.7. The molecule has 11 heteroatoms. The molecule has 0 aliphatic heterocycles. The van der Waals surface area contributed by atoms with Crippen LogP contribution in [0.15, 0.2) is 28.7 Å². The van der Waals surface area contributed by atoms with Gasteiger partial charge < -0.3 is 25.4 Å². The molecule has 3 N–H and O–H groups in total. The molecular formula is C21H30BrN3O6S. The first-order valence-electron chi connectivity index (χ1n) is 10.2. The minimum atomic E-state index is -0.963. The predicted octanol–water partition coefficient (Wildman–Crippen LogP) is 1.43. The van der Waals surface area contributed by atoms with Crippen LogP contribution < -0.4 is 11.1 Å². The summed E-state index contributed by atoms with van der Waals surface area (Å²) in [4.78, 5) is 50.4. The van der Waals surface area contributed by atoms with Gasteiger partial charge in [-0.15, -0.1) is 0 Å². The molecule has 0 saturated heterocycles. The molecule has 1 rings (SSSR count). The summed E-state index contributed by atoms with van der Waals surface area (Å²) in [6.07, 6.45) is 0.00566. The lowest BCUT2D eigenvalue weighted by Crippen LogP contribution is -2.51. The number of esters is 2. The van der Waals surface area contributed by atoms with E-state index in [9.17, 15) is 19.2 Å². The maximum atomic E-state index is 13.1. The number of nitrogens with one attached hydrogen (secondary N) is 1. The molecule has 2 amide bonds. The van der Waals surface area contributed by atoms with Gasteiger partial charge in [-0.3, -0.25) is 19.2 Å². The average Bonchev–Trinajstić information content (AvgIpc) is 2.76. The van der Waals surface area contributed by atoms with Crippen LogP contribution in [0.2, 0.25) is 0 Å². The topological polar surface area (TPSA) is 128 Å². The van der Waals surface area contributed by atoms with Gasteiger partial charge >= 0.3 is 11.9 Å². The highest BCUT2D eigenvalue weighted by Crippen LogP contribution is 2.13. The quantitative estimate of drug-likeness (QED) is 0.259. The number of amides is 2. The Morgan fingerprint density at radius 3 is 2.31 bits per heavy atom. The predicted molar refractivity (Wildman–Crippen MR) is 126 cm³/mol. The third-order valence-electron chi connectivity index (χ3n) is 4.31. The monoisotopic (exact) mass is 531 g/mol. The Kier molecular flexibility index (Phi) is 13.0. The molecule has 0 saturated carbocycles. The molecule has 2 atom stereocenters. The molecule has 0 bridgehead atoms. The zero-order chi connectivity index (χ0) is 24.1. The molecule has 0 fully saturated rings. The molecular weight excluding hydrogens is 502 g/mol. The summed E-state index contributed by atoms with van der Waals surface area (Å²) in [6, 6.07) is 5.40. The summed E-state index contributed by atoms with van der Waals surface area (Å²) in [5.41, 5.74) is 6.50. The number of thiol groups is 1. The van der Waals surface area contributed by atoms with E-state index in [-0.39, 0.29) is 44.9 Å². The second-order valence-electron chi connectivity index (χ2n) is 6.83. The Hall–Kier alpha value is -2.11. The van der Waals surface area contributed by atoms with E-state index in [1.807, 2.05) is 24.3 Å². The lowest BCUT2D eigenvalue weighted by molar-refractivity contribution is -0.150. The third kappa shape index (κ3) is 10.0. The van der Waals surface area contributed by atoms with E-state index in [1.54, 1.807) is 13.8 Å². The highest BCUT2D eigenvalue weighted by Gasteiger charge is 2.27. The molecule has 178 valence electrons. The molecule has 0 heterocycles. The van der Waals surface area contributed by atoms with Gasteiger partial charge in [-0.1, -0.05) is 28.1 Å².